The molecule has 0 N–H and O–H groups in total. The number of halogens is 1. The summed E-state index contributed by atoms with van der Waals surface area (Å²) < 4.78 is 13.0. The van der Waals surface area contributed by atoms with Crippen molar-refractivity contribution in [2.75, 3.05) is 0 Å². The van der Waals surface area contributed by atoms with Crippen LogP contribution in [0.4, 0.5) is 10.1 Å². The summed E-state index contributed by atoms with van der Waals surface area (Å²) in [5.74, 6) is -0.223. The quantitative estimate of drug-likeness (QED) is 0.357. The van der Waals surface area contributed by atoms with Crippen molar-refractivity contribution in [2.24, 2.45) is 4.99 Å². The molecule has 0 saturated heterocycles. The maximum Gasteiger partial charge on any atom is 0.123 e. The Bertz CT molecular complexity index is 908. The average molecular weight is 361 g/mol. The topological polar surface area (TPSA) is 12.4 Å². The molecule has 3 rings (SSSR count). The minimum absolute atomic E-state index is 0.223. The van der Waals surface area contributed by atoms with Crippen molar-refractivity contribution in [3.05, 3.63) is 107 Å². The van der Waals surface area contributed by atoms with Crippen LogP contribution in [0.3, 0.4) is 0 Å². The second kappa shape index (κ2) is 8.63. The average Bonchev–Trinajstić information content (AvgIpc) is 2.65. The van der Waals surface area contributed by atoms with Crippen LogP contribution in [0.1, 0.15) is 16.7 Å². The second-order valence-corrected chi connectivity index (χ2v) is 7.05. The zero-order valence-electron chi connectivity index (χ0n) is 14.8. The molecule has 0 saturated carbocycles. The van der Waals surface area contributed by atoms with Crippen LogP contribution in [0.15, 0.2) is 94.2 Å². The van der Waals surface area contributed by atoms with Crippen molar-refractivity contribution in [3.8, 4) is 0 Å². The number of aryl methyl sites for hydroxylation is 2. The first-order valence-electron chi connectivity index (χ1n) is 8.41. The number of allylic oxidation sites excluding steroid dienone is 1. The highest BCUT2D eigenvalue weighted by atomic mass is 32.2. The first-order valence-corrected chi connectivity index (χ1v) is 9.29. The highest BCUT2D eigenvalue weighted by molar-refractivity contribution is 8.02. The number of nitrogens with zero attached hydrogens (tertiary/aromatic N) is 1. The van der Waals surface area contributed by atoms with Gasteiger partial charge in [0.1, 0.15) is 5.82 Å². The van der Waals surface area contributed by atoms with Crippen molar-refractivity contribution >= 4 is 23.2 Å². The molecule has 0 aliphatic heterocycles. The number of benzene rings is 3. The lowest BCUT2D eigenvalue weighted by Crippen LogP contribution is -1.96. The number of hydrogen-bond acceptors (Lipinski definition) is 2. The van der Waals surface area contributed by atoms with E-state index < -0.39 is 0 Å². The molecule has 0 bridgehead atoms. The summed E-state index contributed by atoms with van der Waals surface area (Å²) in [5, 5.41) is 1.99. The lowest BCUT2D eigenvalue weighted by atomic mass is 10.1. The fourth-order valence-corrected chi connectivity index (χ4v) is 3.02. The summed E-state index contributed by atoms with van der Waals surface area (Å²) in [6, 6.07) is 23.0. The van der Waals surface area contributed by atoms with Crippen LogP contribution in [-0.2, 0) is 0 Å². The molecule has 26 heavy (non-hydrogen) atoms. The van der Waals surface area contributed by atoms with E-state index in [0.29, 0.717) is 0 Å². The molecular weight excluding hydrogens is 341 g/mol. The molecule has 0 atom stereocenters. The van der Waals surface area contributed by atoms with E-state index in [0.717, 1.165) is 21.9 Å². The van der Waals surface area contributed by atoms with Gasteiger partial charge in [0.2, 0.25) is 0 Å². The van der Waals surface area contributed by atoms with Gasteiger partial charge in [0.25, 0.3) is 0 Å². The smallest absolute Gasteiger partial charge is 0.123 e. The molecule has 0 heterocycles. The lowest BCUT2D eigenvalue weighted by Gasteiger charge is -2.04. The molecule has 1 nitrogen and oxygen atoms in total. The number of aliphatic imine (C=N–C) groups is 1. The summed E-state index contributed by atoms with van der Waals surface area (Å²) in [6.07, 6.45) is 2.00. The molecule has 0 spiro atoms. The fourth-order valence-electron chi connectivity index (χ4n) is 2.37. The summed E-state index contributed by atoms with van der Waals surface area (Å²) in [7, 11) is 0. The number of hydrogen-bond donors (Lipinski definition) is 0. The maximum atomic E-state index is 13.0. The first kappa shape index (κ1) is 18.2. The largest absolute Gasteiger partial charge is 0.248 e. The van der Waals surface area contributed by atoms with Crippen LogP contribution >= 0.6 is 11.8 Å². The molecule has 0 aromatic heterocycles. The minimum Gasteiger partial charge on any atom is -0.248 e. The van der Waals surface area contributed by atoms with Gasteiger partial charge in [0, 0.05) is 10.5 Å². The zero-order valence-corrected chi connectivity index (χ0v) is 15.6. The molecule has 0 fully saturated rings. The molecule has 3 aromatic carbocycles. The van der Waals surface area contributed by atoms with Crippen molar-refractivity contribution in [3.63, 3.8) is 0 Å². The highest BCUT2D eigenvalue weighted by Crippen LogP contribution is 2.21. The van der Waals surface area contributed by atoms with Crippen LogP contribution in [0.25, 0.3) is 0 Å². The Hall–Kier alpha value is -2.65. The van der Waals surface area contributed by atoms with Gasteiger partial charge in [-0.05, 0) is 61.7 Å². The van der Waals surface area contributed by atoms with Gasteiger partial charge in [0.05, 0.1) is 11.4 Å². The maximum absolute atomic E-state index is 13.0. The Balaban J connectivity index is 1.87. The SMILES string of the molecule is Cc1ccc(N=C(C=CSc2ccc(F)cc2)c2ccc(C)cc2)cc1. The monoisotopic (exact) mass is 361 g/mol. The molecule has 0 unspecified atom stereocenters. The fraction of sp³-hybridized carbons (Fsp3) is 0.0870. The summed E-state index contributed by atoms with van der Waals surface area (Å²) in [5.41, 5.74) is 5.30. The van der Waals surface area contributed by atoms with E-state index in [2.05, 4.69) is 50.2 Å². The molecule has 3 heteroatoms. The predicted octanol–water partition coefficient (Wildman–Crippen LogP) is 6.87. The summed E-state index contributed by atoms with van der Waals surface area (Å²) >= 11 is 1.54. The van der Waals surface area contributed by atoms with Gasteiger partial charge >= 0.3 is 0 Å². The lowest BCUT2D eigenvalue weighted by molar-refractivity contribution is 0.626. The van der Waals surface area contributed by atoms with Crippen molar-refractivity contribution in [1.82, 2.24) is 0 Å². The molecule has 3 aromatic rings. The molecule has 0 radical (unpaired) electrons. The Morgan fingerprint density at radius 2 is 1.38 bits per heavy atom. The number of thioether (sulfide) groups is 1. The van der Waals surface area contributed by atoms with E-state index in [4.69, 9.17) is 4.99 Å². The van der Waals surface area contributed by atoms with E-state index in [1.165, 1.54) is 23.3 Å². The highest BCUT2D eigenvalue weighted by Gasteiger charge is 2.01. The Morgan fingerprint density at radius 3 is 2.00 bits per heavy atom. The Morgan fingerprint density at radius 1 is 0.808 bits per heavy atom. The van der Waals surface area contributed by atoms with Gasteiger partial charge < -0.3 is 0 Å². The van der Waals surface area contributed by atoms with Gasteiger partial charge in [0.15, 0.2) is 0 Å². The Labute approximate surface area is 158 Å². The van der Waals surface area contributed by atoms with E-state index in [1.807, 2.05) is 23.6 Å². The van der Waals surface area contributed by atoms with Crippen molar-refractivity contribution in [2.45, 2.75) is 18.7 Å². The van der Waals surface area contributed by atoms with Crippen molar-refractivity contribution in [1.29, 1.82) is 0 Å². The van der Waals surface area contributed by atoms with Gasteiger partial charge in [-0.2, -0.15) is 0 Å². The normalized spacial score (nSPS) is 11.9. The third-order valence-corrected chi connectivity index (χ3v) is 4.69. The Kier molecular flexibility index (Phi) is 6.03. The second-order valence-electron chi connectivity index (χ2n) is 6.07. The van der Waals surface area contributed by atoms with E-state index in [-0.39, 0.29) is 5.82 Å². The first-order chi connectivity index (χ1) is 12.6. The standard InChI is InChI=1S/C23H20FNS/c1-17-3-7-19(8-4-17)23(25-21-11-5-18(2)6-12-21)15-16-26-22-13-9-20(24)10-14-22/h3-16H,1-2H3. The predicted molar refractivity (Wildman–Crippen MR) is 110 cm³/mol. The third-order valence-electron chi connectivity index (χ3n) is 3.87. The molecule has 0 aliphatic carbocycles. The molecular formula is C23H20FNS. The third kappa shape index (κ3) is 5.17. The van der Waals surface area contributed by atoms with Gasteiger partial charge in [-0.25, -0.2) is 9.38 Å². The van der Waals surface area contributed by atoms with Crippen LogP contribution in [0, 0.1) is 19.7 Å². The van der Waals surface area contributed by atoms with Crippen molar-refractivity contribution < 1.29 is 4.39 Å². The van der Waals surface area contributed by atoms with Crippen LogP contribution < -0.4 is 0 Å². The van der Waals surface area contributed by atoms with Gasteiger partial charge in [-0.1, -0.05) is 59.3 Å². The number of rotatable bonds is 5. The minimum atomic E-state index is -0.223. The van der Waals surface area contributed by atoms with Crippen LogP contribution in [-0.4, -0.2) is 5.71 Å². The van der Waals surface area contributed by atoms with E-state index in [9.17, 15) is 4.39 Å². The van der Waals surface area contributed by atoms with Gasteiger partial charge in [-0.15, -0.1) is 0 Å². The molecule has 0 amide bonds. The van der Waals surface area contributed by atoms with E-state index in [1.54, 1.807) is 23.9 Å². The van der Waals surface area contributed by atoms with Crippen LogP contribution in [0.5, 0.6) is 0 Å². The van der Waals surface area contributed by atoms with Gasteiger partial charge in [-0.3, -0.25) is 0 Å². The summed E-state index contributed by atoms with van der Waals surface area (Å²) in [6.45, 7) is 4.13. The molecule has 130 valence electrons. The van der Waals surface area contributed by atoms with E-state index >= 15 is 0 Å². The molecule has 0 aliphatic rings. The van der Waals surface area contributed by atoms with Crippen LogP contribution in [0.2, 0.25) is 0 Å². The summed E-state index contributed by atoms with van der Waals surface area (Å²) in [4.78, 5) is 5.79. The zero-order chi connectivity index (χ0) is 18.4.